The van der Waals surface area contributed by atoms with E-state index in [4.69, 9.17) is 9.47 Å². The molecule has 1 N–H and O–H groups in total. The van der Waals surface area contributed by atoms with Gasteiger partial charge < -0.3 is 14.8 Å². The van der Waals surface area contributed by atoms with Crippen LogP contribution in [0.15, 0.2) is 24.3 Å². The van der Waals surface area contributed by atoms with E-state index >= 15 is 0 Å². The lowest BCUT2D eigenvalue weighted by Gasteiger charge is -2.14. The van der Waals surface area contributed by atoms with Gasteiger partial charge in [-0.3, -0.25) is 4.79 Å². The van der Waals surface area contributed by atoms with Crippen LogP contribution < -0.4 is 10.1 Å². The summed E-state index contributed by atoms with van der Waals surface area (Å²) < 4.78 is 10.4. The lowest BCUT2D eigenvalue weighted by molar-refractivity contribution is -0.154. The fraction of sp³-hybridized carbons (Fsp3) is 0.467. The van der Waals surface area contributed by atoms with Gasteiger partial charge in [0.05, 0.1) is 0 Å². The highest BCUT2D eigenvalue weighted by atomic mass is 16.6. The topological polar surface area (TPSA) is 64.6 Å². The zero-order valence-corrected chi connectivity index (χ0v) is 11.7. The van der Waals surface area contributed by atoms with Gasteiger partial charge in [-0.15, -0.1) is 0 Å². The van der Waals surface area contributed by atoms with Crippen molar-refractivity contribution in [3.8, 4) is 5.75 Å². The standard InChI is InChI=1S/C15H19NO4/c1-10-4-3-5-13(8-10)20-11(2)15(18)19-9-14(17)16-12-6-7-12/h3-5,8,11-12H,6-7,9H2,1-2H3,(H,16,17)/t11-/m1/s1. The number of hydrogen-bond acceptors (Lipinski definition) is 4. The second-order valence-electron chi connectivity index (χ2n) is 5.03. The second kappa shape index (κ2) is 6.41. The summed E-state index contributed by atoms with van der Waals surface area (Å²) >= 11 is 0. The molecule has 1 aromatic carbocycles. The number of benzene rings is 1. The van der Waals surface area contributed by atoms with Crippen molar-refractivity contribution >= 4 is 11.9 Å². The fourth-order valence-corrected chi connectivity index (χ4v) is 1.69. The minimum absolute atomic E-state index is 0.253. The van der Waals surface area contributed by atoms with E-state index in [1.54, 1.807) is 13.0 Å². The van der Waals surface area contributed by atoms with Crippen LogP contribution in [0, 0.1) is 6.92 Å². The summed E-state index contributed by atoms with van der Waals surface area (Å²) in [5.74, 6) is -0.196. The zero-order chi connectivity index (χ0) is 14.5. The van der Waals surface area contributed by atoms with E-state index in [1.165, 1.54) is 0 Å². The molecule has 0 spiro atoms. The van der Waals surface area contributed by atoms with E-state index in [0.717, 1.165) is 18.4 Å². The van der Waals surface area contributed by atoms with Gasteiger partial charge in [-0.05, 0) is 44.4 Å². The molecule has 1 aliphatic carbocycles. The van der Waals surface area contributed by atoms with Gasteiger partial charge in [0.25, 0.3) is 5.91 Å². The summed E-state index contributed by atoms with van der Waals surface area (Å²) in [5, 5.41) is 2.75. The van der Waals surface area contributed by atoms with Crippen molar-refractivity contribution in [1.29, 1.82) is 0 Å². The third kappa shape index (κ3) is 4.57. The lowest BCUT2D eigenvalue weighted by Crippen LogP contribution is -2.33. The number of nitrogens with one attached hydrogen (secondary N) is 1. The van der Waals surface area contributed by atoms with Gasteiger partial charge in [0, 0.05) is 6.04 Å². The molecular weight excluding hydrogens is 258 g/mol. The summed E-state index contributed by atoms with van der Waals surface area (Å²) in [6.07, 6.45) is 1.27. The van der Waals surface area contributed by atoms with Crippen LogP contribution in [0.2, 0.25) is 0 Å². The third-order valence-corrected chi connectivity index (χ3v) is 2.92. The molecule has 0 unspecified atom stereocenters. The van der Waals surface area contributed by atoms with Crippen LogP contribution in [0.1, 0.15) is 25.3 Å². The molecule has 1 aromatic rings. The molecule has 1 atom stereocenters. The molecule has 0 heterocycles. The average molecular weight is 277 g/mol. The molecule has 108 valence electrons. The van der Waals surface area contributed by atoms with Gasteiger partial charge in [-0.2, -0.15) is 0 Å². The number of carbonyl (C=O) groups excluding carboxylic acids is 2. The number of hydrogen-bond donors (Lipinski definition) is 1. The third-order valence-electron chi connectivity index (χ3n) is 2.92. The quantitative estimate of drug-likeness (QED) is 0.802. The molecular formula is C15H19NO4. The molecule has 20 heavy (non-hydrogen) atoms. The molecule has 1 amide bonds. The predicted octanol–water partition coefficient (Wildman–Crippen LogP) is 1.58. The first-order valence-electron chi connectivity index (χ1n) is 6.74. The van der Waals surface area contributed by atoms with Crippen LogP contribution in [0.3, 0.4) is 0 Å². The van der Waals surface area contributed by atoms with Crippen molar-refractivity contribution in [1.82, 2.24) is 5.32 Å². The molecule has 0 aromatic heterocycles. The average Bonchev–Trinajstić information content (AvgIpc) is 3.19. The van der Waals surface area contributed by atoms with E-state index in [2.05, 4.69) is 5.32 Å². The van der Waals surface area contributed by atoms with E-state index in [-0.39, 0.29) is 18.6 Å². The van der Waals surface area contributed by atoms with Crippen molar-refractivity contribution in [3.05, 3.63) is 29.8 Å². The van der Waals surface area contributed by atoms with Gasteiger partial charge in [0.1, 0.15) is 5.75 Å². The number of esters is 1. The van der Waals surface area contributed by atoms with Gasteiger partial charge in [-0.25, -0.2) is 4.79 Å². The summed E-state index contributed by atoms with van der Waals surface area (Å²) in [6, 6.07) is 7.67. The van der Waals surface area contributed by atoms with Crippen molar-refractivity contribution in [2.45, 2.75) is 38.8 Å². The summed E-state index contributed by atoms with van der Waals surface area (Å²) in [5.41, 5.74) is 1.05. The number of amides is 1. The molecule has 0 radical (unpaired) electrons. The second-order valence-corrected chi connectivity index (χ2v) is 5.03. The van der Waals surface area contributed by atoms with E-state index < -0.39 is 12.1 Å². The van der Waals surface area contributed by atoms with Gasteiger partial charge in [0.2, 0.25) is 0 Å². The van der Waals surface area contributed by atoms with Gasteiger partial charge in [-0.1, -0.05) is 12.1 Å². The number of carbonyl (C=O) groups is 2. The van der Waals surface area contributed by atoms with Crippen molar-refractivity contribution in [3.63, 3.8) is 0 Å². The van der Waals surface area contributed by atoms with Crippen LogP contribution in [-0.4, -0.2) is 30.6 Å². The molecule has 1 fully saturated rings. The smallest absolute Gasteiger partial charge is 0.347 e. The van der Waals surface area contributed by atoms with Crippen molar-refractivity contribution < 1.29 is 19.1 Å². The molecule has 1 saturated carbocycles. The predicted molar refractivity (Wildman–Crippen MR) is 73.4 cm³/mol. The van der Waals surface area contributed by atoms with E-state index in [9.17, 15) is 9.59 Å². The maximum absolute atomic E-state index is 11.7. The van der Waals surface area contributed by atoms with E-state index in [0.29, 0.717) is 5.75 Å². The van der Waals surface area contributed by atoms with Crippen molar-refractivity contribution in [2.75, 3.05) is 6.61 Å². The molecule has 0 bridgehead atoms. The Hall–Kier alpha value is -2.04. The Morgan fingerprint density at radius 2 is 2.15 bits per heavy atom. The van der Waals surface area contributed by atoms with Crippen LogP contribution in [0.4, 0.5) is 0 Å². The lowest BCUT2D eigenvalue weighted by atomic mass is 10.2. The Labute approximate surface area is 118 Å². The van der Waals surface area contributed by atoms with Gasteiger partial charge in [0.15, 0.2) is 12.7 Å². The highest BCUT2D eigenvalue weighted by Crippen LogP contribution is 2.18. The maximum atomic E-state index is 11.7. The Morgan fingerprint density at radius 1 is 1.40 bits per heavy atom. The van der Waals surface area contributed by atoms with Crippen molar-refractivity contribution in [2.24, 2.45) is 0 Å². The molecule has 0 saturated heterocycles. The molecule has 2 rings (SSSR count). The molecule has 0 aliphatic heterocycles. The first kappa shape index (κ1) is 14.4. The zero-order valence-electron chi connectivity index (χ0n) is 11.7. The van der Waals surface area contributed by atoms with Crippen LogP contribution in [-0.2, 0) is 14.3 Å². The first-order valence-corrected chi connectivity index (χ1v) is 6.74. The molecule has 5 heteroatoms. The summed E-state index contributed by atoms with van der Waals surface area (Å²) in [4.78, 5) is 23.1. The molecule has 5 nitrogen and oxygen atoms in total. The monoisotopic (exact) mass is 277 g/mol. The van der Waals surface area contributed by atoms with Crippen LogP contribution >= 0.6 is 0 Å². The Morgan fingerprint density at radius 3 is 2.80 bits per heavy atom. The maximum Gasteiger partial charge on any atom is 0.347 e. The fourth-order valence-electron chi connectivity index (χ4n) is 1.69. The van der Waals surface area contributed by atoms with Crippen LogP contribution in [0.25, 0.3) is 0 Å². The molecule has 1 aliphatic rings. The number of aryl methyl sites for hydroxylation is 1. The summed E-state index contributed by atoms with van der Waals surface area (Å²) in [6.45, 7) is 3.29. The summed E-state index contributed by atoms with van der Waals surface area (Å²) in [7, 11) is 0. The minimum Gasteiger partial charge on any atom is -0.479 e. The normalized spacial score (nSPS) is 15.3. The number of ether oxygens (including phenoxy) is 2. The minimum atomic E-state index is -0.745. The first-order chi connectivity index (χ1) is 9.54. The SMILES string of the molecule is Cc1cccc(O[C@H](C)C(=O)OCC(=O)NC2CC2)c1. The Bertz CT molecular complexity index is 496. The Kier molecular flexibility index (Phi) is 4.61. The highest BCUT2D eigenvalue weighted by Gasteiger charge is 2.24. The van der Waals surface area contributed by atoms with E-state index in [1.807, 2.05) is 25.1 Å². The highest BCUT2D eigenvalue weighted by molar-refractivity contribution is 5.82. The van der Waals surface area contributed by atoms with Crippen LogP contribution in [0.5, 0.6) is 5.75 Å². The number of rotatable bonds is 6. The largest absolute Gasteiger partial charge is 0.479 e. The van der Waals surface area contributed by atoms with Gasteiger partial charge >= 0.3 is 5.97 Å². The Balaban J connectivity index is 1.74.